The summed E-state index contributed by atoms with van der Waals surface area (Å²) in [6.45, 7) is 11.1. The highest BCUT2D eigenvalue weighted by molar-refractivity contribution is 8.06. The number of nitrogens with zero attached hydrogens (tertiary/aromatic N) is 1. The second-order valence-corrected chi connectivity index (χ2v) is 9.61. The van der Waals surface area contributed by atoms with Crippen LogP contribution in [-0.2, 0) is 24.2 Å². The second kappa shape index (κ2) is 7.07. The van der Waals surface area contributed by atoms with Gasteiger partial charge in [0.25, 0.3) is 0 Å². The molecule has 0 aliphatic carbocycles. The Labute approximate surface area is 159 Å². The van der Waals surface area contributed by atoms with Crippen molar-refractivity contribution < 1.29 is 27.2 Å². The molecule has 6 nitrogen and oxygen atoms in total. The first kappa shape index (κ1) is 21.1. The van der Waals surface area contributed by atoms with E-state index in [0.717, 1.165) is 6.07 Å². The van der Waals surface area contributed by atoms with E-state index in [9.17, 15) is 17.6 Å². The predicted octanol–water partition coefficient (Wildman–Crippen LogP) is 3.78. The molecular weight excluding hydrogens is 373 g/mol. The van der Waals surface area contributed by atoms with Gasteiger partial charge in [0.15, 0.2) is 5.04 Å². The van der Waals surface area contributed by atoms with Gasteiger partial charge in [-0.2, -0.15) is 0 Å². The number of rotatable bonds is 5. The Morgan fingerprint density at radius 3 is 2.56 bits per heavy atom. The summed E-state index contributed by atoms with van der Waals surface area (Å²) in [5.74, 6) is -1.42. The van der Waals surface area contributed by atoms with Gasteiger partial charge >= 0.3 is 5.97 Å². The largest absolute Gasteiger partial charge is 0.458 e. The number of halogens is 1. The van der Waals surface area contributed by atoms with Gasteiger partial charge in [0.05, 0.1) is 0 Å². The first-order chi connectivity index (χ1) is 12.3. The minimum Gasteiger partial charge on any atom is -0.458 e. The van der Waals surface area contributed by atoms with Gasteiger partial charge in [-0.3, -0.25) is 4.79 Å². The maximum absolute atomic E-state index is 14.8. The number of hydrogen-bond acceptors (Lipinski definition) is 6. The molecule has 0 radical (unpaired) electrons. The fraction of sp³-hybridized carbons (Fsp3) is 0.474. The van der Waals surface area contributed by atoms with Crippen molar-refractivity contribution >= 4 is 26.9 Å². The smallest absolute Gasteiger partial charge is 0.303 e. The molecule has 2 rings (SSSR count). The van der Waals surface area contributed by atoms with Gasteiger partial charge in [0, 0.05) is 18.9 Å². The average molecular weight is 397 g/mol. The maximum atomic E-state index is 14.8. The van der Waals surface area contributed by atoms with E-state index in [2.05, 4.69) is 11.7 Å². The summed E-state index contributed by atoms with van der Waals surface area (Å²) < 4.78 is 47.0. The first-order valence-electron chi connectivity index (χ1n) is 8.41. The molecule has 0 fully saturated rings. The Hall–Kier alpha value is -2.22. The molecule has 148 valence electrons. The number of esters is 1. The highest BCUT2D eigenvalue weighted by atomic mass is 32.2. The Morgan fingerprint density at radius 2 is 2.07 bits per heavy atom. The summed E-state index contributed by atoms with van der Waals surface area (Å²) in [5.41, 5.74) is -2.19. The molecule has 0 bridgehead atoms. The van der Waals surface area contributed by atoms with Crippen LogP contribution >= 0.6 is 0 Å². The van der Waals surface area contributed by atoms with Crippen LogP contribution in [0.1, 0.15) is 57.4 Å². The molecule has 27 heavy (non-hydrogen) atoms. The molecule has 1 heterocycles. The van der Waals surface area contributed by atoms with Crippen LogP contribution in [0, 0.1) is 5.82 Å². The van der Waals surface area contributed by atoms with Gasteiger partial charge in [0.1, 0.15) is 22.3 Å². The topological polar surface area (TPSA) is 82.0 Å². The van der Waals surface area contributed by atoms with E-state index in [1.807, 2.05) is 0 Å². The van der Waals surface area contributed by atoms with Crippen LogP contribution < -0.4 is 0 Å². The van der Waals surface area contributed by atoms with E-state index in [4.69, 9.17) is 9.57 Å². The Bertz CT molecular complexity index is 903. The van der Waals surface area contributed by atoms with Gasteiger partial charge in [0.2, 0.25) is 9.84 Å². The highest BCUT2D eigenvalue weighted by Gasteiger charge is 2.50. The second-order valence-electron chi connectivity index (χ2n) is 7.58. The number of benzene rings is 1. The molecule has 1 unspecified atom stereocenters. The molecule has 0 saturated heterocycles. The van der Waals surface area contributed by atoms with Crippen molar-refractivity contribution in [1.82, 2.24) is 0 Å². The molecule has 0 spiro atoms. The Balaban J connectivity index is 2.73. The summed E-state index contributed by atoms with van der Waals surface area (Å²) in [5, 5.41) is 1.98. The van der Waals surface area contributed by atoms with Crippen molar-refractivity contribution in [3.63, 3.8) is 0 Å². The number of carbonyl (C=O) groups excluding carboxylic acids is 1. The van der Waals surface area contributed by atoms with Gasteiger partial charge < -0.3 is 9.57 Å². The minimum absolute atomic E-state index is 0.0276. The van der Waals surface area contributed by atoms with Crippen LogP contribution in [0.3, 0.4) is 0 Å². The number of oxime groups is 1. The Kier molecular flexibility index (Phi) is 5.52. The Morgan fingerprint density at radius 1 is 1.44 bits per heavy atom. The molecule has 0 amide bonds. The third kappa shape index (κ3) is 4.21. The maximum Gasteiger partial charge on any atom is 0.303 e. The van der Waals surface area contributed by atoms with E-state index in [1.54, 1.807) is 19.9 Å². The van der Waals surface area contributed by atoms with E-state index in [0.29, 0.717) is 5.56 Å². The lowest BCUT2D eigenvalue weighted by Gasteiger charge is -2.34. The highest BCUT2D eigenvalue weighted by Crippen LogP contribution is 2.42. The van der Waals surface area contributed by atoms with E-state index >= 15 is 0 Å². The fourth-order valence-electron chi connectivity index (χ4n) is 3.20. The SMILES string of the molecule is C=Cc1cccc(F)c1C(C(C)(C)OC(C)=O)S(=O)(=O)C1=NOC(C)(C)C1. The third-order valence-corrected chi connectivity index (χ3v) is 6.52. The van der Waals surface area contributed by atoms with Crippen LogP contribution in [0.15, 0.2) is 29.9 Å². The van der Waals surface area contributed by atoms with Gasteiger partial charge in [-0.25, -0.2) is 12.8 Å². The molecule has 8 heteroatoms. The molecule has 0 N–H and O–H groups in total. The van der Waals surface area contributed by atoms with Gasteiger partial charge in [-0.15, -0.1) is 0 Å². The van der Waals surface area contributed by atoms with E-state index < -0.39 is 38.1 Å². The van der Waals surface area contributed by atoms with Gasteiger partial charge in [-0.05, 0) is 39.3 Å². The van der Waals surface area contributed by atoms with Crippen molar-refractivity contribution in [1.29, 1.82) is 0 Å². The van der Waals surface area contributed by atoms with Crippen molar-refractivity contribution in [3.8, 4) is 0 Å². The standard InChI is InChI=1S/C19H24FNO5S/c1-7-13-9-8-10-14(20)16(13)17(19(5,6)25-12(2)22)27(23,24)15-11-18(3,4)26-21-15/h7-10,17H,1,11H2,2-6H3. The van der Waals surface area contributed by atoms with Crippen LogP contribution in [-0.4, -0.2) is 30.6 Å². The van der Waals surface area contributed by atoms with Crippen molar-refractivity contribution in [3.05, 3.63) is 41.7 Å². The van der Waals surface area contributed by atoms with E-state index in [1.165, 1.54) is 32.9 Å². The van der Waals surface area contributed by atoms with Crippen molar-refractivity contribution in [2.24, 2.45) is 5.16 Å². The monoisotopic (exact) mass is 397 g/mol. The number of sulfone groups is 1. The minimum atomic E-state index is -4.22. The zero-order valence-corrected chi connectivity index (χ0v) is 16.9. The lowest BCUT2D eigenvalue weighted by atomic mass is 9.93. The van der Waals surface area contributed by atoms with E-state index in [-0.39, 0.29) is 17.0 Å². The van der Waals surface area contributed by atoms with Crippen LogP contribution in [0.4, 0.5) is 4.39 Å². The molecule has 0 aromatic heterocycles. The summed E-state index contributed by atoms with van der Waals surface area (Å²) in [7, 11) is -4.22. The zero-order valence-electron chi connectivity index (χ0n) is 16.1. The van der Waals surface area contributed by atoms with Crippen LogP contribution in [0.5, 0.6) is 0 Å². The number of ether oxygens (including phenoxy) is 1. The molecule has 1 aromatic rings. The van der Waals surface area contributed by atoms with Crippen molar-refractivity contribution in [2.75, 3.05) is 0 Å². The molecular formula is C19H24FNO5S. The van der Waals surface area contributed by atoms with Crippen LogP contribution in [0.25, 0.3) is 6.08 Å². The van der Waals surface area contributed by atoms with Crippen molar-refractivity contribution in [2.45, 2.75) is 57.5 Å². The first-order valence-corrected chi connectivity index (χ1v) is 9.96. The lowest BCUT2D eigenvalue weighted by molar-refractivity contribution is -0.153. The summed E-state index contributed by atoms with van der Waals surface area (Å²) in [6.07, 6.45) is 1.39. The lowest BCUT2D eigenvalue weighted by Crippen LogP contribution is -2.42. The predicted molar refractivity (Wildman–Crippen MR) is 101 cm³/mol. The quantitative estimate of drug-likeness (QED) is 0.706. The molecule has 1 aliphatic rings. The normalized spacial score (nSPS) is 17.6. The van der Waals surface area contributed by atoms with Gasteiger partial charge in [-0.1, -0.05) is 29.9 Å². The fourth-order valence-corrected chi connectivity index (χ4v) is 5.52. The number of hydrogen-bond donors (Lipinski definition) is 0. The third-order valence-electron chi connectivity index (χ3n) is 4.22. The average Bonchev–Trinajstić information content (AvgIpc) is 2.88. The summed E-state index contributed by atoms with van der Waals surface area (Å²) >= 11 is 0. The molecule has 0 saturated carbocycles. The summed E-state index contributed by atoms with van der Waals surface area (Å²) in [6, 6.07) is 4.16. The molecule has 1 aromatic carbocycles. The van der Waals surface area contributed by atoms with Crippen LogP contribution in [0.2, 0.25) is 0 Å². The summed E-state index contributed by atoms with van der Waals surface area (Å²) in [4.78, 5) is 16.8. The zero-order chi connectivity index (χ0) is 20.6. The molecule has 1 atom stereocenters. The number of carbonyl (C=O) groups is 1. The molecule has 1 aliphatic heterocycles.